The van der Waals surface area contributed by atoms with Crippen molar-refractivity contribution in [3.63, 3.8) is 0 Å². The Hall–Kier alpha value is -3.38. The molecule has 1 aliphatic rings. The molecule has 35 heavy (non-hydrogen) atoms. The van der Waals surface area contributed by atoms with E-state index in [2.05, 4.69) is 27.1 Å². The van der Waals surface area contributed by atoms with Crippen LogP contribution in [0.15, 0.2) is 82.0 Å². The number of hydrogen-bond donors (Lipinski definition) is 2. The lowest BCUT2D eigenvalue weighted by molar-refractivity contribution is 0.370. The Bertz CT molecular complexity index is 1310. The Morgan fingerprint density at radius 1 is 1.11 bits per heavy atom. The number of nitrogens with one attached hydrogen (secondary N) is 2. The third-order valence-electron chi connectivity index (χ3n) is 5.77. The van der Waals surface area contributed by atoms with Crippen LogP contribution >= 0.6 is 23.1 Å². The highest BCUT2D eigenvalue weighted by molar-refractivity contribution is 7.99. The van der Waals surface area contributed by atoms with E-state index in [1.54, 1.807) is 17.5 Å². The van der Waals surface area contributed by atoms with Crippen LogP contribution in [-0.4, -0.2) is 23.1 Å². The summed E-state index contributed by atoms with van der Waals surface area (Å²) in [4.78, 5) is 11.2. The van der Waals surface area contributed by atoms with Crippen molar-refractivity contribution in [1.29, 1.82) is 5.26 Å². The summed E-state index contributed by atoms with van der Waals surface area (Å²) in [5, 5.41) is 19.1. The van der Waals surface area contributed by atoms with Crippen LogP contribution in [0.1, 0.15) is 24.1 Å². The van der Waals surface area contributed by atoms with E-state index in [4.69, 9.17) is 9.72 Å². The van der Waals surface area contributed by atoms with Crippen LogP contribution in [0.5, 0.6) is 11.5 Å². The van der Waals surface area contributed by atoms with Crippen molar-refractivity contribution < 1.29 is 4.74 Å². The minimum Gasteiger partial charge on any atom is -0.453 e. The van der Waals surface area contributed by atoms with Gasteiger partial charge in [-0.2, -0.15) is 5.26 Å². The Kier molecular flexibility index (Phi) is 7.59. The standard InChI is InChI=1S/C27H25N5OS2/c28-16-20-6-4-5-9-25(20)35-23-15-24(33-22-7-2-1-3-8-22)26(30-17-23)32-27-31-21(18-34-27)14-19-10-12-29-13-11-19/h1-9,15,17-19,29H,10-14H2,(H,30,31,32). The molecule has 0 radical (unpaired) electrons. The van der Waals surface area contributed by atoms with Crippen LogP contribution in [0.3, 0.4) is 0 Å². The summed E-state index contributed by atoms with van der Waals surface area (Å²) in [6, 6.07) is 21.4. The summed E-state index contributed by atoms with van der Waals surface area (Å²) in [7, 11) is 0. The second-order valence-electron chi connectivity index (χ2n) is 8.31. The molecule has 0 bridgehead atoms. The molecular formula is C27H25N5OS2. The lowest BCUT2D eigenvalue weighted by Crippen LogP contribution is -2.28. The van der Waals surface area contributed by atoms with Gasteiger partial charge in [0.05, 0.1) is 11.3 Å². The van der Waals surface area contributed by atoms with E-state index in [9.17, 15) is 5.26 Å². The largest absolute Gasteiger partial charge is 0.453 e. The van der Waals surface area contributed by atoms with Gasteiger partial charge in [0, 0.05) is 27.4 Å². The van der Waals surface area contributed by atoms with Gasteiger partial charge in [-0.15, -0.1) is 11.3 Å². The number of nitriles is 1. The highest BCUT2D eigenvalue weighted by Gasteiger charge is 2.17. The van der Waals surface area contributed by atoms with Gasteiger partial charge in [-0.05, 0) is 62.5 Å². The smallest absolute Gasteiger partial charge is 0.188 e. The molecule has 5 rings (SSSR count). The molecule has 0 spiro atoms. The van der Waals surface area contributed by atoms with Crippen LogP contribution < -0.4 is 15.4 Å². The van der Waals surface area contributed by atoms with E-state index >= 15 is 0 Å². The Balaban J connectivity index is 1.37. The fourth-order valence-electron chi connectivity index (χ4n) is 3.99. The number of anilines is 2. The minimum atomic E-state index is 0.603. The van der Waals surface area contributed by atoms with Crippen LogP contribution in [0.2, 0.25) is 0 Å². The molecule has 0 aliphatic carbocycles. The summed E-state index contributed by atoms with van der Waals surface area (Å²) in [6.45, 7) is 2.18. The molecule has 8 heteroatoms. The Labute approximate surface area is 213 Å². The van der Waals surface area contributed by atoms with Crippen molar-refractivity contribution in [3.8, 4) is 17.6 Å². The van der Waals surface area contributed by atoms with E-state index in [1.807, 2.05) is 60.7 Å². The van der Waals surface area contributed by atoms with Crippen molar-refractivity contribution in [3.05, 3.63) is 83.5 Å². The third kappa shape index (κ3) is 6.20. The van der Waals surface area contributed by atoms with E-state index in [0.29, 0.717) is 23.0 Å². The number of rotatable bonds is 8. The zero-order valence-electron chi connectivity index (χ0n) is 19.1. The first-order valence-corrected chi connectivity index (χ1v) is 13.3. The predicted octanol–water partition coefficient (Wildman–Crippen LogP) is 6.64. The molecule has 0 saturated carbocycles. The lowest BCUT2D eigenvalue weighted by Gasteiger charge is -2.21. The second kappa shape index (κ2) is 11.4. The topological polar surface area (TPSA) is 82.9 Å². The van der Waals surface area contributed by atoms with E-state index in [-0.39, 0.29) is 0 Å². The quantitative estimate of drug-likeness (QED) is 0.281. The molecule has 176 valence electrons. The fraction of sp³-hybridized carbons (Fsp3) is 0.222. The van der Waals surface area contributed by atoms with Gasteiger partial charge in [0.15, 0.2) is 16.7 Å². The number of para-hydroxylation sites is 1. The highest BCUT2D eigenvalue weighted by Crippen LogP contribution is 2.37. The summed E-state index contributed by atoms with van der Waals surface area (Å²) in [5.74, 6) is 2.62. The third-order valence-corrected chi connectivity index (χ3v) is 7.61. The monoisotopic (exact) mass is 499 g/mol. The van der Waals surface area contributed by atoms with Crippen molar-refractivity contribution in [2.75, 3.05) is 18.4 Å². The summed E-state index contributed by atoms with van der Waals surface area (Å²) >= 11 is 3.08. The minimum absolute atomic E-state index is 0.603. The summed E-state index contributed by atoms with van der Waals surface area (Å²) < 4.78 is 6.21. The van der Waals surface area contributed by atoms with Gasteiger partial charge in [0.25, 0.3) is 0 Å². The van der Waals surface area contributed by atoms with Crippen LogP contribution in [0.25, 0.3) is 0 Å². The molecule has 1 fully saturated rings. The number of nitrogens with zero attached hydrogens (tertiary/aromatic N) is 3. The molecule has 3 heterocycles. The molecular weight excluding hydrogens is 474 g/mol. The van der Waals surface area contributed by atoms with E-state index in [0.717, 1.165) is 45.9 Å². The molecule has 0 unspecified atom stereocenters. The number of pyridine rings is 1. The molecule has 2 aromatic carbocycles. The molecule has 0 atom stereocenters. The lowest BCUT2D eigenvalue weighted by atomic mass is 9.94. The fourth-order valence-corrected chi connectivity index (χ4v) is 5.60. The number of ether oxygens (including phenoxy) is 1. The first-order chi connectivity index (χ1) is 17.3. The van der Waals surface area contributed by atoms with Gasteiger partial charge in [-0.25, -0.2) is 9.97 Å². The van der Waals surface area contributed by atoms with Gasteiger partial charge in [0.2, 0.25) is 0 Å². The normalized spacial score (nSPS) is 13.8. The van der Waals surface area contributed by atoms with Crippen LogP contribution in [-0.2, 0) is 6.42 Å². The molecule has 2 N–H and O–H groups in total. The predicted molar refractivity (Wildman–Crippen MR) is 141 cm³/mol. The van der Waals surface area contributed by atoms with Crippen molar-refractivity contribution in [2.24, 2.45) is 5.92 Å². The molecule has 1 saturated heterocycles. The van der Waals surface area contributed by atoms with Gasteiger partial charge in [-0.1, -0.05) is 42.1 Å². The van der Waals surface area contributed by atoms with Crippen LogP contribution in [0.4, 0.5) is 10.9 Å². The molecule has 0 amide bonds. The zero-order chi connectivity index (χ0) is 23.9. The van der Waals surface area contributed by atoms with Crippen molar-refractivity contribution in [2.45, 2.75) is 29.1 Å². The zero-order valence-corrected chi connectivity index (χ0v) is 20.7. The van der Waals surface area contributed by atoms with E-state index in [1.165, 1.54) is 24.6 Å². The highest BCUT2D eigenvalue weighted by atomic mass is 32.2. The second-order valence-corrected chi connectivity index (χ2v) is 10.3. The van der Waals surface area contributed by atoms with Gasteiger partial charge < -0.3 is 15.4 Å². The number of hydrogen-bond acceptors (Lipinski definition) is 8. The number of piperidine rings is 1. The Morgan fingerprint density at radius 3 is 2.74 bits per heavy atom. The molecule has 1 aliphatic heterocycles. The first kappa shape index (κ1) is 23.4. The first-order valence-electron chi connectivity index (χ1n) is 11.6. The average Bonchev–Trinajstić information content (AvgIpc) is 3.34. The van der Waals surface area contributed by atoms with Crippen LogP contribution in [0, 0.1) is 17.2 Å². The Morgan fingerprint density at radius 2 is 1.91 bits per heavy atom. The maximum Gasteiger partial charge on any atom is 0.188 e. The summed E-state index contributed by atoms with van der Waals surface area (Å²) in [6.07, 6.45) is 5.20. The molecule has 6 nitrogen and oxygen atoms in total. The van der Waals surface area contributed by atoms with Gasteiger partial charge in [-0.3, -0.25) is 0 Å². The van der Waals surface area contributed by atoms with E-state index < -0.39 is 0 Å². The maximum atomic E-state index is 9.44. The number of aromatic nitrogens is 2. The van der Waals surface area contributed by atoms with Gasteiger partial charge in [0.1, 0.15) is 11.8 Å². The summed E-state index contributed by atoms with van der Waals surface area (Å²) in [5.41, 5.74) is 1.75. The molecule has 2 aromatic heterocycles. The van der Waals surface area contributed by atoms with Crippen molar-refractivity contribution >= 4 is 34.0 Å². The van der Waals surface area contributed by atoms with Crippen molar-refractivity contribution in [1.82, 2.24) is 15.3 Å². The number of benzene rings is 2. The molecule has 4 aromatic rings. The van der Waals surface area contributed by atoms with Gasteiger partial charge >= 0.3 is 0 Å². The SMILES string of the molecule is N#Cc1ccccc1Sc1cnc(Nc2nc(CC3CCNCC3)cs2)c(Oc2ccccc2)c1. The number of thiazole rings is 1. The maximum absolute atomic E-state index is 9.44. The average molecular weight is 500 g/mol.